The van der Waals surface area contributed by atoms with E-state index in [0.717, 1.165) is 12.1 Å². The maximum Gasteiger partial charge on any atom is 0.387 e. The number of morpholine rings is 1. The summed E-state index contributed by atoms with van der Waals surface area (Å²) in [6.45, 7) is -0.946. The molecule has 1 N–H and O–H groups in total. The molecule has 1 atom stereocenters. The minimum absolute atomic E-state index is 0. The zero-order valence-corrected chi connectivity index (χ0v) is 17.7. The van der Waals surface area contributed by atoms with Crippen molar-refractivity contribution in [1.82, 2.24) is 15.1 Å². The van der Waals surface area contributed by atoms with Crippen LogP contribution in [0.25, 0.3) is 5.69 Å². The molecule has 32 heavy (non-hydrogen) atoms. The minimum Gasteiger partial charge on any atom is -0.435 e. The Bertz CT molecular complexity index is 1050. The Morgan fingerprint density at radius 2 is 2.03 bits per heavy atom. The Morgan fingerprint density at radius 1 is 1.25 bits per heavy atom. The molecule has 1 saturated heterocycles. The third-order valence-electron chi connectivity index (χ3n) is 4.96. The van der Waals surface area contributed by atoms with Crippen molar-refractivity contribution in [3.63, 3.8) is 0 Å². The predicted octanol–water partition coefficient (Wildman–Crippen LogP) is 4.12. The number of ether oxygens (including phenoxy) is 2. The number of hydrogen-bond acceptors (Lipinski definition) is 5. The number of alkyl halides is 2. The van der Waals surface area contributed by atoms with Crippen molar-refractivity contribution in [1.29, 1.82) is 0 Å². The first-order chi connectivity index (χ1) is 15.0. The molecule has 0 amide bonds. The molecule has 170 valence electrons. The van der Waals surface area contributed by atoms with Crippen molar-refractivity contribution >= 4 is 18.2 Å². The molecule has 1 aliphatic rings. The van der Waals surface area contributed by atoms with E-state index in [1.54, 1.807) is 24.3 Å². The van der Waals surface area contributed by atoms with Crippen molar-refractivity contribution in [2.24, 2.45) is 0 Å². The van der Waals surface area contributed by atoms with Crippen LogP contribution < -0.4 is 10.1 Å². The second-order valence-electron chi connectivity index (χ2n) is 7.06. The van der Waals surface area contributed by atoms with Gasteiger partial charge in [-0.05, 0) is 41.5 Å². The van der Waals surface area contributed by atoms with Gasteiger partial charge in [-0.15, -0.1) is 12.4 Å². The summed E-state index contributed by atoms with van der Waals surface area (Å²) in [5.41, 5.74) is 1.90. The summed E-state index contributed by atoms with van der Waals surface area (Å²) in [6, 6.07) is 10.6. The molecule has 4 rings (SSSR count). The van der Waals surface area contributed by atoms with E-state index >= 15 is 0 Å². The minimum atomic E-state index is -2.90. The Hall–Kier alpha value is -2.88. The smallest absolute Gasteiger partial charge is 0.387 e. The van der Waals surface area contributed by atoms with E-state index in [0.29, 0.717) is 30.0 Å². The van der Waals surface area contributed by atoms with Crippen LogP contribution in [0.3, 0.4) is 0 Å². The number of nitrogens with zero attached hydrogens (tertiary/aromatic N) is 2. The second kappa shape index (κ2) is 10.6. The molecule has 3 aromatic rings. The van der Waals surface area contributed by atoms with Crippen molar-refractivity contribution in [3.05, 3.63) is 77.4 Å². The molecule has 0 spiro atoms. The number of aromatic nitrogens is 2. The van der Waals surface area contributed by atoms with Crippen LogP contribution in [0.5, 0.6) is 5.75 Å². The number of halogens is 4. The van der Waals surface area contributed by atoms with E-state index in [1.807, 2.05) is 0 Å². The van der Waals surface area contributed by atoms with Crippen LogP contribution in [0, 0.1) is 5.82 Å². The summed E-state index contributed by atoms with van der Waals surface area (Å²) in [5, 5.41) is 7.32. The highest BCUT2D eigenvalue weighted by Gasteiger charge is 2.19. The van der Waals surface area contributed by atoms with Crippen molar-refractivity contribution in [2.45, 2.75) is 19.1 Å². The molecule has 0 bridgehead atoms. The summed E-state index contributed by atoms with van der Waals surface area (Å²) in [4.78, 5) is 12.6. The number of hydrogen-bond donors (Lipinski definition) is 1. The molecular weight excluding hydrogens is 447 g/mol. The van der Waals surface area contributed by atoms with Gasteiger partial charge in [-0.1, -0.05) is 12.1 Å². The summed E-state index contributed by atoms with van der Waals surface area (Å²) in [6.07, 6.45) is 2.59. The Balaban J connectivity index is 0.00000289. The number of carbonyl (C=O) groups is 1. The fourth-order valence-electron chi connectivity index (χ4n) is 3.35. The van der Waals surface area contributed by atoms with Crippen LogP contribution in [0.1, 0.15) is 27.6 Å². The Kier molecular flexibility index (Phi) is 7.89. The highest BCUT2D eigenvalue weighted by Crippen LogP contribution is 2.22. The summed E-state index contributed by atoms with van der Waals surface area (Å²) in [7, 11) is 0. The highest BCUT2D eigenvalue weighted by molar-refractivity contribution is 5.97. The monoisotopic (exact) mass is 467 g/mol. The van der Waals surface area contributed by atoms with Crippen LogP contribution in [0.2, 0.25) is 0 Å². The number of ketones is 1. The molecule has 2 aromatic carbocycles. The number of rotatable bonds is 7. The van der Waals surface area contributed by atoms with Crippen LogP contribution >= 0.6 is 12.4 Å². The third kappa shape index (κ3) is 5.67. The lowest BCUT2D eigenvalue weighted by molar-refractivity contribution is -0.0498. The van der Waals surface area contributed by atoms with E-state index in [2.05, 4.69) is 15.2 Å². The maximum absolute atomic E-state index is 14.6. The fourth-order valence-corrected chi connectivity index (χ4v) is 3.35. The number of nitrogens with one attached hydrogen (secondary N) is 1. The maximum atomic E-state index is 14.6. The van der Waals surface area contributed by atoms with E-state index in [-0.39, 0.29) is 36.5 Å². The number of carbonyl (C=O) groups excluding carboxylic acids is 1. The summed E-state index contributed by atoms with van der Waals surface area (Å²) in [5.74, 6) is -0.719. The molecule has 0 saturated carbocycles. The van der Waals surface area contributed by atoms with Crippen molar-refractivity contribution in [2.75, 3.05) is 19.7 Å². The quantitative estimate of drug-likeness (QED) is 0.529. The lowest BCUT2D eigenvalue weighted by Gasteiger charge is -2.24. The summed E-state index contributed by atoms with van der Waals surface area (Å²) >= 11 is 0. The third-order valence-corrected chi connectivity index (χ3v) is 4.96. The molecule has 0 aliphatic carbocycles. The molecule has 1 aliphatic heterocycles. The molecule has 6 nitrogen and oxygen atoms in total. The van der Waals surface area contributed by atoms with E-state index in [1.165, 1.54) is 35.3 Å². The predicted molar refractivity (Wildman–Crippen MR) is 113 cm³/mol. The highest BCUT2D eigenvalue weighted by atomic mass is 35.5. The Morgan fingerprint density at radius 3 is 2.69 bits per heavy atom. The average Bonchev–Trinajstić information content (AvgIpc) is 3.26. The van der Waals surface area contributed by atoms with E-state index in [4.69, 9.17) is 4.74 Å². The van der Waals surface area contributed by atoms with Gasteiger partial charge >= 0.3 is 6.61 Å². The van der Waals surface area contributed by atoms with Crippen LogP contribution in [0.15, 0.2) is 54.9 Å². The topological polar surface area (TPSA) is 65.4 Å². The first-order valence-corrected chi connectivity index (χ1v) is 9.73. The van der Waals surface area contributed by atoms with Gasteiger partial charge in [-0.3, -0.25) is 4.79 Å². The van der Waals surface area contributed by atoms with Gasteiger partial charge in [0.1, 0.15) is 11.6 Å². The van der Waals surface area contributed by atoms with Gasteiger partial charge in [0.25, 0.3) is 0 Å². The molecule has 0 radical (unpaired) electrons. The SMILES string of the molecule is Cl.O=C(Cc1ccc([C@H]2CNCCO2)cc1F)c1cnn(-c2ccc(OC(F)F)cc2)c1. The molecular formula is C22H21ClF3N3O3. The molecule has 2 heterocycles. The second-order valence-corrected chi connectivity index (χ2v) is 7.06. The largest absolute Gasteiger partial charge is 0.435 e. The molecule has 1 aromatic heterocycles. The average molecular weight is 468 g/mol. The summed E-state index contributed by atoms with van der Waals surface area (Å²) < 4.78 is 50.4. The van der Waals surface area contributed by atoms with Crippen molar-refractivity contribution in [3.8, 4) is 11.4 Å². The molecule has 10 heteroatoms. The lowest BCUT2D eigenvalue weighted by Crippen LogP contribution is -2.33. The zero-order chi connectivity index (χ0) is 21.8. The lowest BCUT2D eigenvalue weighted by atomic mass is 10.0. The van der Waals surface area contributed by atoms with Crippen LogP contribution in [-0.4, -0.2) is 41.9 Å². The number of Topliss-reactive ketones (excluding diaryl/α,β-unsaturated/α-hetero) is 1. The van der Waals surface area contributed by atoms with E-state index < -0.39 is 12.4 Å². The Labute approximate surface area is 188 Å². The first kappa shape index (κ1) is 23.8. The molecule has 0 unspecified atom stereocenters. The van der Waals surface area contributed by atoms with Crippen molar-refractivity contribution < 1.29 is 27.4 Å². The molecule has 1 fully saturated rings. The number of benzene rings is 2. The van der Waals surface area contributed by atoms with E-state index in [9.17, 15) is 18.0 Å². The van der Waals surface area contributed by atoms with Crippen LogP contribution in [-0.2, 0) is 11.2 Å². The fraction of sp³-hybridized carbons (Fsp3) is 0.273. The van der Waals surface area contributed by atoms with Gasteiger partial charge in [0.15, 0.2) is 5.78 Å². The standard InChI is InChI=1S/C22H20F3N3O3.ClH/c23-19-9-15(21-12-26-7-8-30-21)2-1-14(19)10-20(29)16-11-27-28(13-16)17-3-5-18(6-4-17)31-22(24)25;/h1-6,9,11,13,21-22,26H,7-8,10,12H2;1H/t21-;/m1./s1. The van der Waals surface area contributed by atoms with Gasteiger partial charge in [0.2, 0.25) is 0 Å². The van der Waals surface area contributed by atoms with Gasteiger partial charge in [0, 0.05) is 25.7 Å². The van der Waals surface area contributed by atoms with Gasteiger partial charge in [-0.2, -0.15) is 13.9 Å². The van der Waals surface area contributed by atoms with Gasteiger partial charge in [0.05, 0.1) is 30.2 Å². The van der Waals surface area contributed by atoms with Gasteiger partial charge < -0.3 is 14.8 Å². The van der Waals surface area contributed by atoms with Gasteiger partial charge in [-0.25, -0.2) is 9.07 Å². The normalized spacial score (nSPS) is 15.9. The van der Waals surface area contributed by atoms with Crippen LogP contribution in [0.4, 0.5) is 13.2 Å². The first-order valence-electron chi connectivity index (χ1n) is 9.73. The zero-order valence-electron chi connectivity index (χ0n) is 16.8.